The van der Waals surface area contributed by atoms with E-state index in [4.69, 9.17) is 11.6 Å². The van der Waals surface area contributed by atoms with Crippen LogP contribution < -0.4 is 0 Å². The lowest BCUT2D eigenvalue weighted by Gasteiger charge is -2.12. The molecule has 0 aliphatic carbocycles. The maximum Gasteiger partial charge on any atom is 0.416 e. The minimum absolute atomic E-state index is 0.179. The van der Waals surface area contributed by atoms with E-state index in [9.17, 15) is 21.6 Å². The van der Waals surface area contributed by atoms with E-state index in [1.54, 1.807) is 30.3 Å². The molecule has 0 saturated carbocycles. The van der Waals surface area contributed by atoms with Gasteiger partial charge in [-0.25, -0.2) is 8.42 Å². The second-order valence-electron chi connectivity index (χ2n) is 4.68. The Morgan fingerprint density at radius 2 is 1.50 bits per heavy atom. The van der Waals surface area contributed by atoms with Crippen LogP contribution in [0.25, 0.3) is 0 Å². The van der Waals surface area contributed by atoms with Gasteiger partial charge in [-0.15, -0.1) is 11.6 Å². The molecule has 0 bridgehead atoms. The molecule has 2 aromatic carbocycles. The summed E-state index contributed by atoms with van der Waals surface area (Å²) in [6.45, 7) is 0. The highest BCUT2D eigenvalue weighted by Crippen LogP contribution is 2.31. The molecule has 2 nitrogen and oxygen atoms in total. The molecule has 1 atom stereocenters. The first-order chi connectivity index (χ1) is 10.2. The van der Waals surface area contributed by atoms with Gasteiger partial charge in [0.15, 0.2) is 9.84 Å². The van der Waals surface area contributed by atoms with Gasteiger partial charge in [-0.05, 0) is 29.8 Å². The molecule has 2 rings (SSSR count). The second-order valence-corrected chi connectivity index (χ2v) is 7.24. The maximum absolute atomic E-state index is 12.5. The van der Waals surface area contributed by atoms with Crippen molar-refractivity contribution in [2.24, 2.45) is 0 Å². The molecule has 0 amide bonds. The number of hydrogen-bond acceptors (Lipinski definition) is 2. The van der Waals surface area contributed by atoms with Crippen molar-refractivity contribution in [2.75, 3.05) is 5.75 Å². The predicted molar refractivity (Wildman–Crippen MR) is 78.5 cm³/mol. The topological polar surface area (TPSA) is 34.1 Å². The summed E-state index contributed by atoms with van der Waals surface area (Å²) in [5.41, 5.74) is -0.253. The second kappa shape index (κ2) is 6.30. The summed E-state index contributed by atoms with van der Waals surface area (Å²) >= 11 is 6.09. The third-order valence-corrected chi connectivity index (χ3v) is 5.42. The fourth-order valence-corrected chi connectivity index (χ4v) is 3.86. The molecule has 118 valence electrons. The Hall–Kier alpha value is -1.53. The number of sulfone groups is 1. The van der Waals surface area contributed by atoms with Crippen molar-refractivity contribution in [3.05, 3.63) is 65.7 Å². The highest BCUT2D eigenvalue weighted by atomic mass is 35.5. The van der Waals surface area contributed by atoms with Crippen molar-refractivity contribution in [3.63, 3.8) is 0 Å². The van der Waals surface area contributed by atoms with Gasteiger partial charge < -0.3 is 0 Å². The molecule has 0 unspecified atom stereocenters. The van der Waals surface area contributed by atoms with Crippen LogP contribution in [-0.4, -0.2) is 14.2 Å². The number of hydrogen-bond donors (Lipinski definition) is 0. The summed E-state index contributed by atoms with van der Waals surface area (Å²) in [6.07, 6.45) is -4.50. The highest BCUT2D eigenvalue weighted by Gasteiger charge is 2.31. The number of halogens is 4. The van der Waals surface area contributed by atoms with E-state index in [2.05, 4.69) is 0 Å². The lowest BCUT2D eigenvalue weighted by Crippen LogP contribution is -2.12. The van der Waals surface area contributed by atoms with Gasteiger partial charge in [0.05, 0.1) is 21.6 Å². The molecule has 0 radical (unpaired) electrons. The van der Waals surface area contributed by atoms with Crippen LogP contribution in [0.2, 0.25) is 0 Å². The number of benzene rings is 2. The number of rotatable bonds is 4. The Morgan fingerprint density at radius 1 is 0.955 bits per heavy atom. The van der Waals surface area contributed by atoms with Crippen LogP contribution in [0.1, 0.15) is 16.5 Å². The van der Waals surface area contributed by atoms with Gasteiger partial charge >= 0.3 is 6.18 Å². The van der Waals surface area contributed by atoms with E-state index in [0.717, 1.165) is 24.3 Å². The molecular weight excluding hydrogens is 337 g/mol. The fraction of sp³-hybridized carbons (Fsp3) is 0.200. The zero-order valence-electron chi connectivity index (χ0n) is 11.2. The Bertz CT molecular complexity index is 726. The zero-order valence-corrected chi connectivity index (χ0v) is 12.8. The fourth-order valence-electron chi connectivity index (χ4n) is 1.90. The van der Waals surface area contributed by atoms with E-state index in [0.29, 0.717) is 5.56 Å². The predicted octanol–water partition coefficient (Wildman–Crippen LogP) is 4.46. The summed E-state index contributed by atoms with van der Waals surface area (Å²) in [6, 6.07) is 12.0. The van der Waals surface area contributed by atoms with Gasteiger partial charge in [0.2, 0.25) is 0 Å². The first-order valence-electron chi connectivity index (χ1n) is 6.29. The van der Waals surface area contributed by atoms with Crippen molar-refractivity contribution >= 4 is 21.4 Å². The molecular formula is C15H12ClF3O2S. The first kappa shape index (κ1) is 16.8. The summed E-state index contributed by atoms with van der Waals surface area (Å²) in [4.78, 5) is -0.179. The Labute approximate surface area is 131 Å². The molecule has 0 aromatic heterocycles. The van der Waals surface area contributed by atoms with E-state index in [1.807, 2.05) is 0 Å². The molecule has 0 spiro atoms. The average molecular weight is 349 g/mol. The van der Waals surface area contributed by atoms with Crippen LogP contribution in [0.5, 0.6) is 0 Å². The van der Waals surface area contributed by atoms with Gasteiger partial charge in [0.25, 0.3) is 0 Å². The minimum atomic E-state index is -4.50. The monoisotopic (exact) mass is 348 g/mol. The van der Waals surface area contributed by atoms with Gasteiger partial charge in [0.1, 0.15) is 0 Å². The molecule has 0 heterocycles. The van der Waals surface area contributed by atoms with Gasteiger partial charge in [-0.3, -0.25) is 0 Å². The van der Waals surface area contributed by atoms with E-state index in [1.165, 1.54) is 0 Å². The molecule has 0 N–H and O–H groups in total. The van der Waals surface area contributed by atoms with Gasteiger partial charge in [-0.1, -0.05) is 30.3 Å². The Kier molecular flexibility index (Phi) is 4.82. The third-order valence-electron chi connectivity index (χ3n) is 3.07. The highest BCUT2D eigenvalue weighted by molar-refractivity contribution is 7.91. The van der Waals surface area contributed by atoms with Crippen LogP contribution in [0.15, 0.2) is 59.5 Å². The van der Waals surface area contributed by atoms with Crippen LogP contribution >= 0.6 is 11.6 Å². The van der Waals surface area contributed by atoms with Crippen LogP contribution in [0.3, 0.4) is 0 Å². The molecule has 7 heteroatoms. The van der Waals surface area contributed by atoms with E-state index >= 15 is 0 Å². The lowest BCUT2D eigenvalue weighted by atomic mass is 10.2. The molecule has 0 aliphatic rings. The summed E-state index contributed by atoms with van der Waals surface area (Å²) in [5, 5.41) is -0.770. The van der Waals surface area contributed by atoms with Crippen molar-refractivity contribution < 1.29 is 21.6 Å². The Morgan fingerprint density at radius 3 is 2.00 bits per heavy atom. The smallest absolute Gasteiger partial charge is 0.224 e. The molecule has 0 fully saturated rings. The van der Waals surface area contributed by atoms with Crippen LogP contribution in [0, 0.1) is 0 Å². The molecule has 22 heavy (non-hydrogen) atoms. The van der Waals surface area contributed by atoms with Crippen molar-refractivity contribution in [1.29, 1.82) is 0 Å². The van der Waals surface area contributed by atoms with E-state index < -0.39 is 27.0 Å². The van der Waals surface area contributed by atoms with Crippen molar-refractivity contribution in [1.82, 2.24) is 0 Å². The summed E-state index contributed by atoms with van der Waals surface area (Å²) in [5.74, 6) is -0.385. The number of alkyl halides is 4. The first-order valence-corrected chi connectivity index (χ1v) is 8.38. The zero-order chi connectivity index (χ0) is 16.4. The quantitative estimate of drug-likeness (QED) is 0.764. The van der Waals surface area contributed by atoms with Gasteiger partial charge in [0, 0.05) is 0 Å². The van der Waals surface area contributed by atoms with Crippen LogP contribution in [0.4, 0.5) is 13.2 Å². The van der Waals surface area contributed by atoms with Crippen LogP contribution in [-0.2, 0) is 16.0 Å². The Balaban J connectivity index is 2.20. The molecule has 0 saturated heterocycles. The lowest BCUT2D eigenvalue weighted by molar-refractivity contribution is -0.137. The molecule has 2 aromatic rings. The van der Waals surface area contributed by atoms with E-state index in [-0.39, 0.29) is 10.6 Å². The third kappa shape index (κ3) is 4.01. The average Bonchev–Trinajstić information content (AvgIpc) is 2.47. The van der Waals surface area contributed by atoms with Crippen molar-refractivity contribution in [3.8, 4) is 0 Å². The normalized spacial score (nSPS) is 13.8. The van der Waals surface area contributed by atoms with Crippen molar-refractivity contribution in [2.45, 2.75) is 16.4 Å². The maximum atomic E-state index is 12.5. The minimum Gasteiger partial charge on any atom is -0.224 e. The largest absolute Gasteiger partial charge is 0.416 e. The summed E-state index contributed by atoms with van der Waals surface area (Å²) in [7, 11) is -3.77. The summed E-state index contributed by atoms with van der Waals surface area (Å²) < 4.78 is 61.9. The van der Waals surface area contributed by atoms with Gasteiger partial charge in [-0.2, -0.15) is 13.2 Å². The SMILES string of the molecule is O=S(=O)(C[C@H](Cl)c1ccccc1)c1ccc(C(F)(F)F)cc1. The molecule has 0 aliphatic heterocycles. The standard InChI is InChI=1S/C15H12ClF3O2S/c16-14(11-4-2-1-3-5-11)10-22(20,21)13-8-6-12(7-9-13)15(17,18)19/h1-9,14H,10H2/t14-/m0/s1.